The SMILES string of the molecule is CCCCCc1cc2c(cc1OCC[NH+](CC)CC)OC(C)(C)C=C2.O=C([O-])C(=O)O. The van der Waals surface area contributed by atoms with Gasteiger partial charge in [0.1, 0.15) is 30.3 Å². The average Bonchev–Trinajstić information content (AvgIpc) is 2.71. The summed E-state index contributed by atoms with van der Waals surface area (Å²) in [5, 5.41) is 16.3. The molecule has 0 saturated carbocycles. The molecule has 1 aliphatic heterocycles. The smallest absolute Gasteiger partial charge is 0.351 e. The van der Waals surface area contributed by atoms with Crippen molar-refractivity contribution in [3.05, 3.63) is 29.3 Å². The zero-order chi connectivity index (χ0) is 23.4. The number of carboxylic acids is 2. The topological polar surface area (TPSA) is 100 Å². The Morgan fingerprint density at radius 2 is 1.81 bits per heavy atom. The first kappa shape index (κ1) is 26.5. The Morgan fingerprint density at radius 3 is 2.35 bits per heavy atom. The summed E-state index contributed by atoms with van der Waals surface area (Å²) in [5.41, 5.74) is 2.24. The minimum Gasteiger partial charge on any atom is -0.539 e. The lowest BCUT2D eigenvalue weighted by Crippen LogP contribution is -3.12. The Labute approximate surface area is 185 Å². The number of aryl methyl sites for hydroxylation is 1. The predicted octanol–water partition coefficient (Wildman–Crippen LogP) is 1.73. The van der Waals surface area contributed by atoms with E-state index in [0.717, 1.165) is 44.2 Å². The quantitative estimate of drug-likeness (QED) is 0.429. The van der Waals surface area contributed by atoms with Gasteiger partial charge in [-0.15, -0.1) is 0 Å². The highest BCUT2D eigenvalue weighted by molar-refractivity contribution is 6.26. The molecule has 0 saturated heterocycles. The summed E-state index contributed by atoms with van der Waals surface area (Å²) >= 11 is 0. The average molecular weight is 436 g/mol. The van der Waals surface area contributed by atoms with Gasteiger partial charge in [-0.3, -0.25) is 0 Å². The molecule has 0 radical (unpaired) electrons. The van der Waals surface area contributed by atoms with Crippen molar-refractivity contribution in [2.24, 2.45) is 0 Å². The van der Waals surface area contributed by atoms with Crippen LogP contribution in [0.1, 0.15) is 65.0 Å². The lowest BCUT2D eigenvalue weighted by Gasteiger charge is -2.29. The van der Waals surface area contributed by atoms with Crippen LogP contribution >= 0.6 is 0 Å². The molecule has 7 heteroatoms. The van der Waals surface area contributed by atoms with Gasteiger partial charge in [0.15, 0.2) is 5.97 Å². The highest BCUT2D eigenvalue weighted by atomic mass is 16.5. The molecule has 0 aromatic heterocycles. The second-order valence-corrected chi connectivity index (χ2v) is 8.14. The van der Waals surface area contributed by atoms with Crippen molar-refractivity contribution in [1.82, 2.24) is 0 Å². The molecule has 1 aromatic carbocycles. The largest absolute Gasteiger partial charge is 0.539 e. The van der Waals surface area contributed by atoms with Gasteiger partial charge < -0.3 is 29.4 Å². The van der Waals surface area contributed by atoms with Gasteiger partial charge in [-0.1, -0.05) is 25.8 Å². The van der Waals surface area contributed by atoms with E-state index in [1.54, 1.807) is 4.90 Å². The number of likely N-dealkylation sites (N-methyl/N-ethyl adjacent to an activating group) is 1. The zero-order valence-electron chi connectivity index (χ0n) is 19.5. The number of aliphatic carboxylic acids is 2. The number of rotatable bonds is 10. The molecule has 0 bridgehead atoms. The van der Waals surface area contributed by atoms with Crippen LogP contribution in [0.15, 0.2) is 18.2 Å². The Kier molecular flexibility index (Phi) is 11.1. The van der Waals surface area contributed by atoms with Gasteiger partial charge in [-0.05, 0) is 58.2 Å². The standard InChI is InChI=1S/C22H35NO2.C2H2O4/c1-6-9-10-11-18-16-19-12-13-22(4,5)25-21(19)17-20(18)24-15-14-23(7-2)8-3;3-1(4)2(5)6/h12-13,16-17H,6-11,14-15H2,1-5H3;(H,3,4)(H,5,6). The summed E-state index contributed by atoms with van der Waals surface area (Å²) in [6.07, 6.45) is 9.11. The number of benzene rings is 1. The number of hydrogen-bond donors (Lipinski definition) is 2. The van der Waals surface area contributed by atoms with E-state index in [1.807, 2.05) is 0 Å². The first-order valence-corrected chi connectivity index (χ1v) is 11.1. The van der Waals surface area contributed by atoms with Gasteiger partial charge in [-0.25, -0.2) is 4.79 Å². The van der Waals surface area contributed by atoms with Crippen LogP contribution in [0.5, 0.6) is 11.5 Å². The summed E-state index contributed by atoms with van der Waals surface area (Å²) in [4.78, 5) is 19.6. The molecule has 2 N–H and O–H groups in total. The third kappa shape index (κ3) is 9.42. The van der Waals surface area contributed by atoms with Crippen LogP contribution in [-0.2, 0) is 16.0 Å². The van der Waals surface area contributed by atoms with Crippen LogP contribution in [0, 0.1) is 0 Å². The second-order valence-electron chi connectivity index (χ2n) is 8.14. The van der Waals surface area contributed by atoms with Gasteiger partial charge in [0.2, 0.25) is 0 Å². The maximum atomic E-state index is 9.04. The Balaban J connectivity index is 0.000000703. The third-order valence-corrected chi connectivity index (χ3v) is 5.17. The fraction of sp³-hybridized carbons (Fsp3) is 0.583. The zero-order valence-corrected chi connectivity index (χ0v) is 19.5. The minimum atomic E-state index is -2.07. The molecule has 0 fully saturated rings. The van der Waals surface area contributed by atoms with Crippen molar-refractivity contribution in [1.29, 1.82) is 0 Å². The highest BCUT2D eigenvalue weighted by Crippen LogP contribution is 2.36. The fourth-order valence-electron chi connectivity index (χ4n) is 3.26. The van der Waals surface area contributed by atoms with Crippen molar-refractivity contribution in [2.75, 3.05) is 26.2 Å². The van der Waals surface area contributed by atoms with Gasteiger partial charge in [0.25, 0.3) is 0 Å². The van der Waals surface area contributed by atoms with E-state index in [2.05, 4.69) is 58.9 Å². The molecule has 1 aliphatic rings. The summed E-state index contributed by atoms with van der Waals surface area (Å²) in [7, 11) is 0. The first-order chi connectivity index (χ1) is 14.6. The van der Waals surface area contributed by atoms with Crippen LogP contribution in [0.25, 0.3) is 6.08 Å². The molecule has 0 spiro atoms. The van der Waals surface area contributed by atoms with E-state index < -0.39 is 11.9 Å². The minimum absolute atomic E-state index is 0.251. The van der Waals surface area contributed by atoms with E-state index in [4.69, 9.17) is 29.3 Å². The van der Waals surface area contributed by atoms with Crippen LogP contribution in [-0.4, -0.2) is 48.9 Å². The number of hydrogen-bond acceptors (Lipinski definition) is 5. The van der Waals surface area contributed by atoms with E-state index >= 15 is 0 Å². The second kappa shape index (κ2) is 13.0. The van der Waals surface area contributed by atoms with Crippen LogP contribution in [0.3, 0.4) is 0 Å². The molecule has 2 rings (SSSR count). The van der Waals surface area contributed by atoms with E-state index in [9.17, 15) is 0 Å². The van der Waals surface area contributed by atoms with Crippen molar-refractivity contribution in [3.63, 3.8) is 0 Å². The Bertz CT molecular complexity index is 741. The van der Waals surface area contributed by atoms with Crippen LogP contribution in [0.4, 0.5) is 0 Å². The lowest BCUT2D eigenvalue weighted by molar-refractivity contribution is -0.896. The van der Waals surface area contributed by atoms with Crippen molar-refractivity contribution in [2.45, 2.75) is 65.9 Å². The Morgan fingerprint density at radius 1 is 1.16 bits per heavy atom. The van der Waals surface area contributed by atoms with E-state index in [1.165, 1.54) is 30.4 Å². The molecular weight excluding hydrogens is 398 g/mol. The molecule has 1 heterocycles. The maximum Gasteiger partial charge on any atom is 0.351 e. The molecule has 0 atom stereocenters. The number of nitrogens with one attached hydrogen (secondary N) is 1. The summed E-state index contributed by atoms with van der Waals surface area (Å²) < 4.78 is 12.3. The lowest BCUT2D eigenvalue weighted by atomic mass is 9.98. The monoisotopic (exact) mass is 435 g/mol. The number of carboxylic acid groups (broad SMARTS) is 2. The number of carbonyl (C=O) groups is 2. The summed E-state index contributed by atoms with van der Waals surface area (Å²) in [6, 6.07) is 4.37. The van der Waals surface area contributed by atoms with Crippen molar-refractivity contribution < 1.29 is 34.2 Å². The van der Waals surface area contributed by atoms with Crippen LogP contribution < -0.4 is 19.5 Å². The number of fused-ring (bicyclic) bond motifs is 1. The Hall–Kier alpha value is -2.54. The predicted molar refractivity (Wildman–Crippen MR) is 118 cm³/mol. The van der Waals surface area contributed by atoms with Gasteiger partial charge in [0, 0.05) is 11.6 Å². The van der Waals surface area contributed by atoms with Gasteiger partial charge >= 0.3 is 5.97 Å². The molecule has 0 aliphatic carbocycles. The van der Waals surface area contributed by atoms with E-state index in [0.29, 0.717) is 0 Å². The summed E-state index contributed by atoms with van der Waals surface area (Å²) in [5.74, 6) is -2.06. The van der Waals surface area contributed by atoms with Gasteiger partial charge in [-0.2, -0.15) is 0 Å². The molecule has 0 unspecified atom stereocenters. The third-order valence-electron chi connectivity index (χ3n) is 5.17. The number of quaternary nitrogens is 1. The molecule has 7 nitrogen and oxygen atoms in total. The molecule has 31 heavy (non-hydrogen) atoms. The number of unbranched alkanes of at least 4 members (excludes halogenated alkanes) is 2. The maximum absolute atomic E-state index is 9.04. The fourth-order valence-corrected chi connectivity index (χ4v) is 3.26. The number of ether oxygens (including phenoxy) is 2. The van der Waals surface area contributed by atoms with Crippen molar-refractivity contribution >= 4 is 18.0 Å². The molecule has 174 valence electrons. The molecular formula is C24H37NO6. The van der Waals surface area contributed by atoms with Crippen molar-refractivity contribution in [3.8, 4) is 11.5 Å². The first-order valence-electron chi connectivity index (χ1n) is 11.1. The molecule has 0 amide bonds. The van der Waals surface area contributed by atoms with Gasteiger partial charge in [0.05, 0.1) is 13.1 Å². The summed E-state index contributed by atoms with van der Waals surface area (Å²) in [6.45, 7) is 15.0. The van der Waals surface area contributed by atoms with E-state index in [-0.39, 0.29) is 5.60 Å². The highest BCUT2D eigenvalue weighted by Gasteiger charge is 2.23. The number of carbonyl (C=O) groups excluding carboxylic acids is 1. The molecule has 1 aromatic rings. The normalized spacial score (nSPS) is 13.6. The van der Waals surface area contributed by atoms with Crippen LogP contribution in [0.2, 0.25) is 0 Å².